The van der Waals surface area contributed by atoms with E-state index in [2.05, 4.69) is 42.5 Å². The smallest absolute Gasteiger partial charge is 0.253 e. The maximum absolute atomic E-state index is 13.1. The molecule has 4 aromatic carbocycles. The van der Waals surface area contributed by atoms with Crippen molar-refractivity contribution in [1.29, 1.82) is 0 Å². The van der Waals surface area contributed by atoms with Crippen LogP contribution in [-0.2, 0) is 6.61 Å². The molecule has 0 radical (unpaired) electrons. The first-order valence-electron chi connectivity index (χ1n) is 11.5. The molecule has 4 rings (SSSR count). The summed E-state index contributed by atoms with van der Waals surface area (Å²) in [5, 5.41) is 6.42. The number of carbonyl (C=O) groups is 2. The number of carbonyl (C=O) groups excluding carboxylic acids is 2. The molecule has 9 heteroatoms. The number of halogens is 3. The first-order chi connectivity index (χ1) is 18.3. The van der Waals surface area contributed by atoms with Gasteiger partial charge in [-0.25, -0.2) is 0 Å². The van der Waals surface area contributed by atoms with Crippen LogP contribution in [0.3, 0.4) is 0 Å². The SMILES string of the molecule is COc1ccc(C(NC(=O)c2ccc(Br)cc2)NC(=O)c2ccc(Br)cc2)cc1OCc1ccccc1Cl. The van der Waals surface area contributed by atoms with E-state index in [0.29, 0.717) is 33.2 Å². The quantitative estimate of drug-likeness (QED) is 0.185. The van der Waals surface area contributed by atoms with Gasteiger partial charge in [0.05, 0.1) is 7.11 Å². The normalized spacial score (nSPS) is 10.7. The summed E-state index contributed by atoms with van der Waals surface area (Å²) in [5.41, 5.74) is 2.29. The van der Waals surface area contributed by atoms with Crippen LogP contribution in [0, 0.1) is 0 Å². The van der Waals surface area contributed by atoms with Crippen LogP contribution in [0.25, 0.3) is 0 Å². The first kappa shape index (κ1) is 27.7. The fourth-order valence-corrected chi connectivity index (χ4v) is 4.31. The second-order valence-corrected chi connectivity index (χ2v) is 10.4. The third kappa shape index (κ3) is 7.16. The zero-order valence-corrected chi connectivity index (χ0v) is 24.1. The lowest BCUT2D eigenvalue weighted by atomic mass is 10.1. The highest BCUT2D eigenvalue weighted by atomic mass is 79.9. The summed E-state index contributed by atoms with van der Waals surface area (Å²) < 4.78 is 13.2. The fourth-order valence-electron chi connectivity index (χ4n) is 3.59. The molecule has 0 heterocycles. The van der Waals surface area contributed by atoms with Gasteiger partial charge in [0, 0.05) is 30.7 Å². The van der Waals surface area contributed by atoms with Crippen molar-refractivity contribution in [2.75, 3.05) is 7.11 Å². The van der Waals surface area contributed by atoms with Crippen molar-refractivity contribution in [3.8, 4) is 11.5 Å². The topological polar surface area (TPSA) is 76.7 Å². The Balaban J connectivity index is 1.63. The molecule has 0 bridgehead atoms. The Morgan fingerprint density at radius 3 is 1.87 bits per heavy atom. The molecule has 0 saturated carbocycles. The highest BCUT2D eigenvalue weighted by Gasteiger charge is 2.21. The predicted octanol–water partition coefficient (Wildman–Crippen LogP) is 7.31. The molecule has 0 aliphatic heterocycles. The Morgan fingerprint density at radius 1 is 0.789 bits per heavy atom. The van der Waals surface area contributed by atoms with E-state index < -0.39 is 6.17 Å². The molecule has 2 amide bonds. The fraction of sp³-hybridized carbons (Fsp3) is 0.103. The van der Waals surface area contributed by atoms with Gasteiger partial charge in [0.1, 0.15) is 12.8 Å². The van der Waals surface area contributed by atoms with Gasteiger partial charge in [-0.2, -0.15) is 0 Å². The van der Waals surface area contributed by atoms with Crippen molar-refractivity contribution in [3.63, 3.8) is 0 Å². The summed E-state index contributed by atoms with van der Waals surface area (Å²) in [6, 6.07) is 26.5. The predicted molar refractivity (Wildman–Crippen MR) is 155 cm³/mol. The van der Waals surface area contributed by atoms with Crippen LogP contribution in [0.15, 0.2) is 99.9 Å². The highest BCUT2D eigenvalue weighted by molar-refractivity contribution is 9.10. The number of amides is 2. The van der Waals surface area contributed by atoms with Gasteiger partial charge in [-0.15, -0.1) is 0 Å². The summed E-state index contributed by atoms with van der Waals surface area (Å²) in [4.78, 5) is 26.2. The van der Waals surface area contributed by atoms with Crippen LogP contribution in [0.4, 0.5) is 0 Å². The van der Waals surface area contributed by atoms with Crippen molar-refractivity contribution < 1.29 is 19.1 Å². The molecule has 0 aromatic heterocycles. The van der Waals surface area contributed by atoms with Crippen molar-refractivity contribution in [2.24, 2.45) is 0 Å². The van der Waals surface area contributed by atoms with E-state index in [-0.39, 0.29) is 18.4 Å². The Hall–Kier alpha value is -3.33. The highest BCUT2D eigenvalue weighted by Crippen LogP contribution is 2.31. The third-order valence-corrected chi connectivity index (χ3v) is 7.05. The van der Waals surface area contributed by atoms with Crippen molar-refractivity contribution in [1.82, 2.24) is 10.6 Å². The Kier molecular flexibility index (Phi) is 9.44. The Morgan fingerprint density at radius 2 is 1.34 bits per heavy atom. The lowest BCUT2D eigenvalue weighted by Crippen LogP contribution is -2.41. The van der Waals surface area contributed by atoms with Crippen LogP contribution < -0.4 is 20.1 Å². The summed E-state index contributed by atoms with van der Waals surface area (Å²) in [5.74, 6) is 0.227. The number of benzene rings is 4. The summed E-state index contributed by atoms with van der Waals surface area (Å²) >= 11 is 13.0. The van der Waals surface area contributed by atoms with E-state index in [4.69, 9.17) is 21.1 Å². The number of hydrogen-bond donors (Lipinski definition) is 2. The van der Waals surface area contributed by atoms with Crippen molar-refractivity contribution >= 4 is 55.3 Å². The molecular formula is C29H23Br2ClN2O4. The molecule has 0 atom stereocenters. The molecule has 0 saturated heterocycles. The lowest BCUT2D eigenvalue weighted by molar-refractivity contribution is 0.0883. The maximum atomic E-state index is 13.1. The van der Waals surface area contributed by atoms with Crippen LogP contribution in [0.1, 0.15) is 38.0 Å². The third-order valence-electron chi connectivity index (χ3n) is 5.63. The Labute approximate surface area is 242 Å². The molecule has 4 aromatic rings. The molecular weight excluding hydrogens is 636 g/mol. The zero-order valence-electron chi connectivity index (χ0n) is 20.2. The second-order valence-electron chi connectivity index (χ2n) is 8.18. The monoisotopic (exact) mass is 656 g/mol. The van der Waals surface area contributed by atoms with Gasteiger partial charge >= 0.3 is 0 Å². The molecule has 38 heavy (non-hydrogen) atoms. The number of nitrogens with one attached hydrogen (secondary N) is 2. The Bertz CT molecular complexity index is 1370. The molecule has 0 fully saturated rings. The van der Waals surface area contributed by atoms with E-state index in [1.807, 2.05) is 18.2 Å². The zero-order chi connectivity index (χ0) is 27.1. The molecule has 0 aliphatic carbocycles. The largest absolute Gasteiger partial charge is 0.493 e. The van der Waals surface area contributed by atoms with Crippen molar-refractivity contribution in [3.05, 3.63) is 127 Å². The van der Waals surface area contributed by atoms with Gasteiger partial charge in [-0.3, -0.25) is 9.59 Å². The maximum Gasteiger partial charge on any atom is 0.253 e. The summed E-state index contributed by atoms with van der Waals surface area (Å²) in [6.45, 7) is 0.209. The van der Waals surface area contributed by atoms with Gasteiger partial charge in [0.15, 0.2) is 11.5 Å². The summed E-state index contributed by atoms with van der Waals surface area (Å²) in [7, 11) is 1.54. The van der Waals surface area contributed by atoms with E-state index >= 15 is 0 Å². The molecule has 194 valence electrons. The van der Waals surface area contributed by atoms with Gasteiger partial charge in [0.25, 0.3) is 11.8 Å². The lowest BCUT2D eigenvalue weighted by Gasteiger charge is -2.22. The average molecular weight is 659 g/mol. The van der Waals surface area contributed by atoms with Crippen LogP contribution >= 0.6 is 43.5 Å². The van der Waals surface area contributed by atoms with E-state index in [0.717, 1.165) is 14.5 Å². The molecule has 6 nitrogen and oxygen atoms in total. The average Bonchev–Trinajstić information content (AvgIpc) is 2.92. The molecule has 0 unspecified atom stereocenters. The van der Waals surface area contributed by atoms with Gasteiger partial charge in [-0.1, -0.05) is 67.7 Å². The molecule has 0 spiro atoms. The minimum absolute atomic E-state index is 0.209. The van der Waals surface area contributed by atoms with Gasteiger partial charge in [-0.05, 0) is 72.3 Å². The number of rotatable bonds is 9. The van der Waals surface area contributed by atoms with E-state index in [1.54, 1.807) is 79.9 Å². The van der Waals surface area contributed by atoms with Crippen LogP contribution in [0.5, 0.6) is 11.5 Å². The van der Waals surface area contributed by atoms with Gasteiger partial charge in [0.2, 0.25) is 0 Å². The number of hydrogen-bond acceptors (Lipinski definition) is 4. The van der Waals surface area contributed by atoms with E-state index in [1.165, 1.54) is 0 Å². The second kappa shape index (κ2) is 13.0. The summed E-state index contributed by atoms with van der Waals surface area (Å²) in [6.07, 6.45) is -0.865. The molecule has 2 N–H and O–H groups in total. The minimum atomic E-state index is -0.865. The molecule has 0 aliphatic rings. The number of methoxy groups -OCH3 is 1. The van der Waals surface area contributed by atoms with Crippen molar-refractivity contribution in [2.45, 2.75) is 12.8 Å². The van der Waals surface area contributed by atoms with Crippen LogP contribution in [0.2, 0.25) is 5.02 Å². The minimum Gasteiger partial charge on any atom is -0.493 e. The first-order valence-corrected chi connectivity index (χ1v) is 13.5. The standard InChI is InChI=1S/C29H23Br2ClN2O4/c1-37-25-15-10-20(16-26(25)38-17-21-4-2-3-5-24(21)32)27(33-28(35)18-6-11-22(30)12-7-18)34-29(36)19-8-13-23(31)14-9-19/h2-16,27H,17H2,1H3,(H,33,35)(H,34,36). The number of ether oxygens (including phenoxy) is 2. The van der Waals surface area contributed by atoms with Gasteiger partial charge < -0.3 is 20.1 Å². The van der Waals surface area contributed by atoms with E-state index in [9.17, 15) is 9.59 Å². The van der Waals surface area contributed by atoms with Crippen LogP contribution in [-0.4, -0.2) is 18.9 Å².